The quantitative estimate of drug-likeness (QED) is 0.245. The van der Waals surface area contributed by atoms with Crippen LogP contribution in [-0.4, -0.2) is 58.2 Å². The molecule has 0 aromatic rings. The molecule has 0 saturated heterocycles. The van der Waals surface area contributed by atoms with Crippen molar-refractivity contribution in [3.05, 3.63) is 0 Å². The molecule has 0 aliphatic heterocycles. The second kappa shape index (κ2) is 10.6. The van der Waals surface area contributed by atoms with E-state index in [1.807, 2.05) is 18.7 Å². The number of unbranched alkanes of at least 4 members (excludes halogenated alkanes) is 3. The molecule has 1 atom stereocenters. The average molecular weight is 289 g/mol. The minimum Gasteiger partial charge on any atom is -0.427 e. The number of aliphatic hydroxyl groups excluding tert-OH is 2. The standard InChI is InChI=1S/C14H32BNO4/c1-4-5-6-7-10-16(11-8-9-15(19)20)13(18)14(2,3)12-17/h13,17-20H,4-12H2,1-3H3. The van der Waals surface area contributed by atoms with Gasteiger partial charge in [0.2, 0.25) is 0 Å². The maximum Gasteiger partial charge on any atom is 0.451 e. The molecule has 20 heavy (non-hydrogen) atoms. The van der Waals surface area contributed by atoms with E-state index < -0.39 is 18.8 Å². The highest BCUT2D eigenvalue weighted by molar-refractivity contribution is 6.40. The van der Waals surface area contributed by atoms with E-state index in [0.717, 1.165) is 19.4 Å². The minimum atomic E-state index is -1.29. The summed E-state index contributed by atoms with van der Waals surface area (Å²) in [7, 11) is -1.29. The highest BCUT2D eigenvalue weighted by atomic mass is 16.4. The summed E-state index contributed by atoms with van der Waals surface area (Å²) in [5.74, 6) is 0. The summed E-state index contributed by atoms with van der Waals surface area (Å²) in [6, 6.07) is 0. The molecule has 1 unspecified atom stereocenters. The monoisotopic (exact) mass is 289 g/mol. The number of aliphatic hydroxyl groups is 2. The van der Waals surface area contributed by atoms with E-state index in [-0.39, 0.29) is 6.61 Å². The average Bonchev–Trinajstić information content (AvgIpc) is 2.40. The van der Waals surface area contributed by atoms with Crippen LogP contribution in [-0.2, 0) is 0 Å². The summed E-state index contributed by atoms with van der Waals surface area (Å²) in [5.41, 5.74) is -0.581. The van der Waals surface area contributed by atoms with Gasteiger partial charge in [0, 0.05) is 18.5 Å². The molecule has 0 bridgehead atoms. The Morgan fingerprint density at radius 1 is 1.05 bits per heavy atom. The van der Waals surface area contributed by atoms with E-state index in [1.54, 1.807) is 0 Å². The first-order valence-electron chi connectivity index (χ1n) is 7.74. The van der Waals surface area contributed by atoms with Crippen LogP contribution < -0.4 is 0 Å². The molecule has 0 aliphatic carbocycles. The molecule has 6 heteroatoms. The van der Waals surface area contributed by atoms with Crippen molar-refractivity contribution in [2.24, 2.45) is 5.41 Å². The summed E-state index contributed by atoms with van der Waals surface area (Å²) in [6.45, 7) is 7.11. The summed E-state index contributed by atoms with van der Waals surface area (Å²) >= 11 is 0. The fourth-order valence-electron chi connectivity index (χ4n) is 2.15. The molecule has 0 spiro atoms. The van der Waals surface area contributed by atoms with E-state index in [4.69, 9.17) is 10.0 Å². The van der Waals surface area contributed by atoms with Crippen LogP contribution in [0.1, 0.15) is 52.9 Å². The van der Waals surface area contributed by atoms with Gasteiger partial charge in [0.1, 0.15) is 6.23 Å². The van der Waals surface area contributed by atoms with Crippen molar-refractivity contribution in [3.8, 4) is 0 Å². The van der Waals surface area contributed by atoms with Gasteiger partial charge in [-0.3, -0.25) is 4.90 Å². The van der Waals surface area contributed by atoms with E-state index >= 15 is 0 Å². The van der Waals surface area contributed by atoms with Gasteiger partial charge in [-0.05, 0) is 19.2 Å². The van der Waals surface area contributed by atoms with E-state index in [1.165, 1.54) is 12.8 Å². The molecule has 4 N–H and O–H groups in total. The van der Waals surface area contributed by atoms with Crippen molar-refractivity contribution in [1.82, 2.24) is 4.90 Å². The molecule has 0 aromatic heterocycles. The van der Waals surface area contributed by atoms with Gasteiger partial charge in [0.15, 0.2) is 0 Å². The zero-order valence-corrected chi connectivity index (χ0v) is 13.3. The van der Waals surface area contributed by atoms with E-state index in [9.17, 15) is 10.2 Å². The Balaban J connectivity index is 4.36. The third-order valence-electron chi connectivity index (χ3n) is 3.66. The smallest absolute Gasteiger partial charge is 0.427 e. The molecule has 0 amide bonds. The van der Waals surface area contributed by atoms with Gasteiger partial charge < -0.3 is 20.3 Å². The molecule has 0 radical (unpaired) electrons. The fraction of sp³-hybridized carbons (Fsp3) is 1.00. The first kappa shape index (κ1) is 19.9. The van der Waals surface area contributed by atoms with Gasteiger partial charge in [0.05, 0.1) is 6.61 Å². The van der Waals surface area contributed by atoms with Crippen LogP contribution in [0.25, 0.3) is 0 Å². The van der Waals surface area contributed by atoms with Crippen molar-refractivity contribution in [2.45, 2.75) is 65.4 Å². The lowest BCUT2D eigenvalue weighted by atomic mass is 9.84. The summed E-state index contributed by atoms with van der Waals surface area (Å²) in [5, 5.41) is 37.6. The van der Waals surface area contributed by atoms with Gasteiger partial charge in [0.25, 0.3) is 0 Å². The Morgan fingerprint density at radius 2 is 1.65 bits per heavy atom. The summed E-state index contributed by atoms with van der Waals surface area (Å²) in [6.07, 6.45) is 4.69. The van der Waals surface area contributed by atoms with Crippen molar-refractivity contribution in [1.29, 1.82) is 0 Å². The van der Waals surface area contributed by atoms with Crippen molar-refractivity contribution in [3.63, 3.8) is 0 Å². The topological polar surface area (TPSA) is 84.2 Å². The van der Waals surface area contributed by atoms with Crippen LogP contribution in [0, 0.1) is 5.41 Å². The Kier molecular flexibility index (Phi) is 10.5. The molecular formula is C14H32BNO4. The molecule has 0 aliphatic rings. The van der Waals surface area contributed by atoms with Crippen LogP contribution in [0.4, 0.5) is 0 Å². The molecule has 0 fully saturated rings. The number of rotatable bonds is 12. The molecule has 120 valence electrons. The van der Waals surface area contributed by atoms with Crippen LogP contribution in [0.15, 0.2) is 0 Å². The molecule has 0 heterocycles. The van der Waals surface area contributed by atoms with Crippen LogP contribution in [0.3, 0.4) is 0 Å². The Labute approximate surface area is 123 Å². The highest BCUT2D eigenvalue weighted by Gasteiger charge is 2.31. The second-order valence-electron chi connectivity index (χ2n) is 6.24. The fourth-order valence-corrected chi connectivity index (χ4v) is 2.15. The van der Waals surface area contributed by atoms with Crippen LogP contribution in [0.5, 0.6) is 0 Å². The minimum absolute atomic E-state index is 0.0811. The van der Waals surface area contributed by atoms with Gasteiger partial charge in [-0.2, -0.15) is 0 Å². The largest absolute Gasteiger partial charge is 0.451 e. The van der Waals surface area contributed by atoms with Gasteiger partial charge in [-0.15, -0.1) is 0 Å². The van der Waals surface area contributed by atoms with Crippen molar-refractivity contribution < 1.29 is 20.3 Å². The van der Waals surface area contributed by atoms with Gasteiger partial charge in [-0.25, -0.2) is 0 Å². The predicted octanol–water partition coefficient (Wildman–Crippen LogP) is 1.07. The maximum absolute atomic E-state index is 10.4. The first-order valence-corrected chi connectivity index (χ1v) is 7.74. The summed E-state index contributed by atoms with van der Waals surface area (Å²) in [4.78, 5) is 1.94. The SMILES string of the molecule is CCCCCCN(CCCB(O)O)C(O)C(C)(C)CO. The Morgan fingerprint density at radius 3 is 2.15 bits per heavy atom. The van der Waals surface area contributed by atoms with Gasteiger partial charge >= 0.3 is 7.12 Å². The van der Waals surface area contributed by atoms with E-state index in [2.05, 4.69) is 6.92 Å². The normalized spacial score (nSPS) is 13.8. The third-order valence-corrected chi connectivity index (χ3v) is 3.66. The highest BCUT2D eigenvalue weighted by Crippen LogP contribution is 2.23. The van der Waals surface area contributed by atoms with Crippen molar-refractivity contribution >= 4 is 7.12 Å². The van der Waals surface area contributed by atoms with Crippen LogP contribution in [0.2, 0.25) is 6.32 Å². The van der Waals surface area contributed by atoms with Crippen LogP contribution >= 0.6 is 0 Å². The summed E-state index contributed by atoms with van der Waals surface area (Å²) < 4.78 is 0. The predicted molar refractivity (Wildman–Crippen MR) is 82.2 cm³/mol. The molecule has 0 aromatic carbocycles. The van der Waals surface area contributed by atoms with Crippen molar-refractivity contribution in [2.75, 3.05) is 19.7 Å². The molecule has 0 rings (SSSR count). The van der Waals surface area contributed by atoms with E-state index in [0.29, 0.717) is 19.3 Å². The first-order chi connectivity index (χ1) is 9.35. The van der Waals surface area contributed by atoms with Gasteiger partial charge in [-0.1, -0.05) is 40.0 Å². The lowest BCUT2D eigenvalue weighted by Gasteiger charge is -2.37. The lowest BCUT2D eigenvalue weighted by Crippen LogP contribution is -2.48. The maximum atomic E-state index is 10.4. The number of hydrogen-bond donors (Lipinski definition) is 4. The number of nitrogens with zero attached hydrogens (tertiary/aromatic N) is 1. The molecule has 0 saturated carbocycles. The molecular weight excluding hydrogens is 257 g/mol. The zero-order valence-electron chi connectivity index (χ0n) is 13.3. The Hall–Kier alpha value is -0.135. The lowest BCUT2D eigenvalue weighted by molar-refractivity contribution is -0.0971. The Bertz CT molecular complexity index is 239. The number of hydrogen-bond acceptors (Lipinski definition) is 5. The second-order valence-corrected chi connectivity index (χ2v) is 6.24. The zero-order chi connectivity index (χ0) is 15.6. The third kappa shape index (κ3) is 8.22. The molecule has 5 nitrogen and oxygen atoms in total.